The minimum Gasteiger partial charge on any atom is -0.460 e. The minimum atomic E-state index is -0.461. The van der Waals surface area contributed by atoms with E-state index in [1.165, 1.54) is 30.4 Å². The molecule has 9 nitrogen and oxygen atoms in total. The number of rotatable bonds is 16. The Morgan fingerprint density at radius 2 is 1.49 bits per heavy atom. The number of carbonyl (C=O) groups is 3. The molecule has 61 heavy (non-hydrogen) atoms. The molecule has 2 aromatic rings. The fourth-order valence-corrected chi connectivity index (χ4v) is 13.9. The average Bonchev–Trinajstić information content (AvgIpc) is 3.67. The van der Waals surface area contributed by atoms with Crippen LogP contribution in [0.4, 0.5) is 0 Å². The van der Waals surface area contributed by atoms with Gasteiger partial charge in [-0.3, -0.25) is 14.4 Å². The molecule has 0 unspecified atom stereocenters. The van der Waals surface area contributed by atoms with Gasteiger partial charge in [0.2, 0.25) is 0 Å². The van der Waals surface area contributed by atoms with Crippen molar-refractivity contribution in [2.24, 2.45) is 50.2 Å². The van der Waals surface area contributed by atoms with Crippen LogP contribution < -0.4 is 0 Å². The highest BCUT2D eigenvalue weighted by Crippen LogP contribution is 2.76. The Hall–Kier alpha value is -3.49. The predicted molar refractivity (Wildman–Crippen MR) is 238 cm³/mol. The Bertz CT molecular complexity index is 1900. The molecule has 0 aliphatic heterocycles. The van der Waals surface area contributed by atoms with Crippen LogP contribution in [0.5, 0.6) is 0 Å². The molecule has 0 amide bonds. The molecule has 0 bridgehead atoms. The summed E-state index contributed by atoms with van der Waals surface area (Å²) in [6.07, 6.45) is 22.5. The molecule has 0 N–H and O–H groups in total. The highest BCUT2D eigenvalue weighted by atomic mass is 16.5. The Morgan fingerprint density at radius 1 is 0.770 bits per heavy atom. The van der Waals surface area contributed by atoms with Gasteiger partial charge in [-0.1, -0.05) is 141 Å². The van der Waals surface area contributed by atoms with E-state index in [9.17, 15) is 14.4 Å². The van der Waals surface area contributed by atoms with E-state index in [2.05, 4.69) is 71.8 Å². The van der Waals surface area contributed by atoms with Gasteiger partial charge in [-0.05, 0) is 116 Å². The number of unbranched alkanes of at least 4 members (excludes halogenated alkanes) is 6. The molecule has 0 spiro atoms. The van der Waals surface area contributed by atoms with Crippen molar-refractivity contribution in [2.45, 2.75) is 197 Å². The van der Waals surface area contributed by atoms with E-state index in [1.54, 1.807) is 11.8 Å². The van der Waals surface area contributed by atoms with Gasteiger partial charge in [0.1, 0.15) is 31.6 Å². The minimum absolute atomic E-state index is 0.00117. The molecule has 1 aromatic carbocycles. The first kappa shape index (κ1) is 45.5. The largest absolute Gasteiger partial charge is 0.460 e. The van der Waals surface area contributed by atoms with Crippen molar-refractivity contribution in [2.75, 3.05) is 0 Å². The zero-order valence-electron chi connectivity index (χ0n) is 39.0. The van der Waals surface area contributed by atoms with E-state index >= 15 is 0 Å². The van der Waals surface area contributed by atoms with Crippen molar-refractivity contribution < 1.29 is 28.6 Å². The standard InChI is InChI=1S/C52H77N3O6/c1-9-10-11-12-13-14-18-21-44(56)59-36-38-33-55(54-53-38)34-45(57)61-43-25-26-49(6)41(48(43,4)5)24-27-51(8)42(49)23-22-39-40-32-47(2,3)28-30-52(40,31-29-50(39,51)7)46(58)60-35-37-19-16-15-17-20-37/h15-17,19-20,22,33,40-43H,9-14,18,21,23-32,34-36H2,1-8H3/t40-,41-,42+,43-,49-,50+,51+,52-/m0/s1. The maximum Gasteiger partial charge on any atom is 0.328 e. The second-order valence-corrected chi connectivity index (χ2v) is 22.2. The number of esters is 3. The number of hydrogen-bond acceptors (Lipinski definition) is 8. The maximum atomic E-state index is 14.4. The van der Waals surface area contributed by atoms with Crippen LogP contribution >= 0.6 is 0 Å². The summed E-state index contributed by atoms with van der Waals surface area (Å²) in [4.78, 5) is 40.2. The van der Waals surface area contributed by atoms with Crippen molar-refractivity contribution in [3.05, 3.63) is 59.4 Å². The van der Waals surface area contributed by atoms with Gasteiger partial charge in [-0.2, -0.15) is 0 Å². The van der Waals surface area contributed by atoms with Gasteiger partial charge in [0, 0.05) is 11.8 Å². The molecule has 5 aliphatic carbocycles. The number of aromatic nitrogens is 3. The van der Waals surface area contributed by atoms with Crippen LogP contribution in [0.25, 0.3) is 0 Å². The second-order valence-electron chi connectivity index (χ2n) is 22.2. The van der Waals surface area contributed by atoms with E-state index in [4.69, 9.17) is 14.2 Å². The molecule has 7 rings (SSSR count). The Labute approximate surface area is 366 Å². The molecule has 0 saturated heterocycles. The molecule has 5 aliphatic rings. The number of ether oxygens (including phenoxy) is 3. The Kier molecular flexibility index (Phi) is 13.4. The van der Waals surface area contributed by atoms with Crippen LogP contribution in [0.15, 0.2) is 48.2 Å². The van der Waals surface area contributed by atoms with Crippen LogP contribution in [-0.4, -0.2) is 39.0 Å². The van der Waals surface area contributed by atoms with Crippen molar-refractivity contribution in [1.29, 1.82) is 0 Å². The van der Waals surface area contributed by atoms with E-state index < -0.39 is 5.41 Å². The molecular formula is C52H77N3O6. The number of nitrogens with zero attached hydrogens (tertiary/aromatic N) is 3. The van der Waals surface area contributed by atoms with Crippen LogP contribution in [0.1, 0.15) is 182 Å². The number of fused-ring (bicyclic) bond motifs is 7. The smallest absolute Gasteiger partial charge is 0.328 e. The molecule has 9 heteroatoms. The first-order chi connectivity index (χ1) is 29.0. The summed E-state index contributed by atoms with van der Waals surface area (Å²) in [5, 5.41) is 8.31. The lowest BCUT2D eigenvalue weighted by Crippen LogP contribution is -2.65. The highest BCUT2D eigenvalue weighted by Gasteiger charge is 2.69. The van der Waals surface area contributed by atoms with Gasteiger partial charge in [0.25, 0.3) is 0 Å². The topological polar surface area (TPSA) is 110 Å². The van der Waals surface area contributed by atoms with Gasteiger partial charge < -0.3 is 14.2 Å². The molecule has 8 atom stereocenters. The van der Waals surface area contributed by atoms with Crippen molar-refractivity contribution >= 4 is 17.9 Å². The SMILES string of the molecule is CCCCCCCCCC(=O)OCc1cn(CC(=O)O[C@H]2CC[C@]3(C)[C@H]4CC=C5[C@@H]6CC(C)(C)CC[C@]6(C(=O)OCc6ccccc6)CC[C@@]5(C)[C@]4(C)CC[C@H]3C2(C)C)nn1. The van der Waals surface area contributed by atoms with Gasteiger partial charge in [-0.15, -0.1) is 5.10 Å². The molecule has 1 aromatic heterocycles. The average molecular weight is 840 g/mol. The molecule has 336 valence electrons. The van der Waals surface area contributed by atoms with E-state index in [0.29, 0.717) is 30.6 Å². The lowest BCUT2D eigenvalue weighted by Gasteiger charge is -2.71. The van der Waals surface area contributed by atoms with Gasteiger partial charge in [0.15, 0.2) is 0 Å². The third-order valence-corrected chi connectivity index (χ3v) is 17.7. The van der Waals surface area contributed by atoms with Crippen LogP contribution in [0, 0.1) is 50.2 Å². The second kappa shape index (κ2) is 17.9. The lowest BCUT2D eigenvalue weighted by atomic mass is 9.33. The van der Waals surface area contributed by atoms with Gasteiger partial charge >= 0.3 is 17.9 Å². The van der Waals surface area contributed by atoms with Crippen LogP contribution in [0.3, 0.4) is 0 Å². The first-order valence-electron chi connectivity index (χ1n) is 24.1. The summed E-state index contributed by atoms with van der Waals surface area (Å²) >= 11 is 0. The van der Waals surface area contributed by atoms with Crippen molar-refractivity contribution in [3.8, 4) is 0 Å². The van der Waals surface area contributed by atoms with Gasteiger partial charge in [0.05, 0.1) is 11.6 Å². The first-order valence-corrected chi connectivity index (χ1v) is 24.1. The fourth-order valence-electron chi connectivity index (χ4n) is 13.9. The van der Waals surface area contributed by atoms with Crippen molar-refractivity contribution in [3.63, 3.8) is 0 Å². The zero-order chi connectivity index (χ0) is 43.7. The zero-order valence-corrected chi connectivity index (χ0v) is 39.0. The summed E-state index contributed by atoms with van der Waals surface area (Å²) < 4.78 is 19.5. The van der Waals surface area contributed by atoms with E-state index in [0.717, 1.165) is 89.0 Å². The number of allylic oxidation sites excluding steroid dienone is 2. The molecule has 0 radical (unpaired) electrons. The summed E-state index contributed by atoms with van der Waals surface area (Å²) in [5.74, 6) is 0.579. The third-order valence-electron chi connectivity index (χ3n) is 17.7. The molecular weight excluding hydrogens is 763 g/mol. The number of carbonyl (C=O) groups excluding carboxylic acids is 3. The highest BCUT2D eigenvalue weighted by molar-refractivity contribution is 5.79. The lowest BCUT2D eigenvalue weighted by molar-refractivity contribution is -0.214. The fraction of sp³-hybridized carbons (Fsp3) is 0.750. The molecule has 1 heterocycles. The predicted octanol–water partition coefficient (Wildman–Crippen LogP) is 11.9. The Balaban J connectivity index is 0.983. The van der Waals surface area contributed by atoms with Crippen LogP contribution in [0.2, 0.25) is 0 Å². The molecule has 4 fully saturated rings. The van der Waals surface area contributed by atoms with Crippen molar-refractivity contribution in [1.82, 2.24) is 15.0 Å². The summed E-state index contributed by atoms with van der Waals surface area (Å²) in [5.41, 5.74) is 2.80. The monoisotopic (exact) mass is 840 g/mol. The van der Waals surface area contributed by atoms with Gasteiger partial charge in [-0.25, -0.2) is 4.68 Å². The van der Waals surface area contributed by atoms with E-state index in [-0.39, 0.29) is 70.2 Å². The summed E-state index contributed by atoms with van der Waals surface area (Å²) in [6, 6.07) is 10.1. The third kappa shape index (κ3) is 8.88. The number of benzene rings is 1. The van der Waals surface area contributed by atoms with E-state index in [1.807, 2.05) is 30.3 Å². The number of hydrogen-bond donors (Lipinski definition) is 0. The van der Waals surface area contributed by atoms with Crippen LogP contribution in [-0.2, 0) is 48.4 Å². The Morgan fingerprint density at radius 3 is 2.25 bits per heavy atom. The quantitative estimate of drug-likeness (QED) is 0.0711. The normalized spacial score (nSPS) is 33.5. The molecule has 4 saturated carbocycles. The summed E-state index contributed by atoms with van der Waals surface area (Å²) in [7, 11) is 0. The summed E-state index contributed by atoms with van der Waals surface area (Å²) in [6.45, 7) is 19.7. The maximum absolute atomic E-state index is 14.4.